The molecule has 1 aliphatic heterocycles. The minimum Gasteiger partial charge on any atom is -0.447 e. The molecule has 3 rings (SSSR count). The van der Waals surface area contributed by atoms with Crippen LogP contribution in [0.25, 0.3) is 0 Å². The summed E-state index contributed by atoms with van der Waals surface area (Å²) >= 11 is 19.0. The van der Waals surface area contributed by atoms with Gasteiger partial charge in [0.25, 0.3) is 0 Å². The average molecular weight is 411 g/mol. The number of rotatable bonds is 0. The molecule has 1 aliphatic rings. The predicted octanol–water partition coefficient (Wildman–Crippen LogP) is 6.42. The lowest BCUT2D eigenvalue weighted by molar-refractivity contribution is 0.356. The van der Waals surface area contributed by atoms with E-state index in [1.54, 1.807) is 24.3 Å². The van der Waals surface area contributed by atoms with E-state index in [2.05, 4.69) is 31.9 Å². The zero-order valence-electron chi connectivity index (χ0n) is 8.64. The molecule has 6 heteroatoms. The summed E-state index contributed by atoms with van der Waals surface area (Å²) in [7, 11) is 0. The summed E-state index contributed by atoms with van der Waals surface area (Å²) in [4.78, 5) is 0. The standard InChI is InChI=1S/C12H4Br2Cl2O2/c13-5-1-3-7(15)11-9(5)17-10-6(14)2-4-8(16)12(10)18-11/h1-4H. The minimum absolute atomic E-state index is 0.457. The van der Waals surface area contributed by atoms with Crippen LogP contribution in [0.5, 0.6) is 23.0 Å². The Kier molecular flexibility index (Phi) is 3.22. The van der Waals surface area contributed by atoms with Crippen LogP contribution in [0, 0.1) is 0 Å². The molecule has 0 spiro atoms. The number of fused-ring (bicyclic) bond motifs is 2. The molecule has 0 amide bonds. The second-order valence-corrected chi connectivity index (χ2v) is 6.10. The maximum Gasteiger partial charge on any atom is 0.189 e. The fourth-order valence-electron chi connectivity index (χ4n) is 1.61. The predicted molar refractivity (Wildman–Crippen MR) is 78.5 cm³/mol. The summed E-state index contributed by atoms with van der Waals surface area (Å²) in [6.07, 6.45) is 0. The Morgan fingerprint density at radius 1 is 0.667 bits per heavy atom. The fraction of sp³-hybridized carbons (Fsp3) is 0. The normalized spacial score (nSPS) is 12.2. The number of ether oxygens (including phenoxy) is 2. The first kappa shape index (κ1) is 12.6. The molecule has 0 unspecified atom stereocenters. The Morgan fingerprint density at radius 3 is 1.50 bits per heavy atom. The first-order valence-corrected chi connectivity index (χ1v) is 7.24. The maximum absolute atomic E-state index is 6.09. The van der Waals surface area contributed by atoms with Gasteiger partial charge in [0, 0.05) is 0 Å². The molecule has 2 nitrogen and oxygen atoms in total. The molecule has 2 aromatic rings. The van der Waals surface area contributed by atoms with E-state index < -0.39 is 0 Å². The van der Waals surface area contributed by atoms with Crippen molar-refractivity contribution in [2.45, 2.75) is 0 Å². The summed E-state index contributed by atoms with van der Waals surface area (Å²) in [5, 5.41) is 0.935. The van der Waals surface area contributed by atoms with Gasteiger partial charge in [0.2, 0.25) is 0 Å². The van der Waals surface area contributed by atoms with Crippen LogP contribution in [0.15, 0.2) is 33.2 Å². The van der Waals surface area contributed by atoms with Crippen LogP contribution in [0.3, 0.4) is 0 Å². The van der Waals surface area contributed by atoms with Crippen LogP contribution in [-0.2, 0) is 0 Å². The van der Waals surface area contributed by atoms with Crippen molar-refractivity contribution in [3.05, 3.63) is 43.3 Å². The SMILES string of the molecule is Clc1ccc(Br)c2c1Oc1c(Cl)ccc(Br)c1O2. The van der Waals surface area contributed by atoms with Gasteiger partial charge < -0.3 is 9.47 Å². The molecular formula is C12H4Br2Cl2O2. The number of halogens is 4. The van der Waals surface area contributed by atoms with Gasteiger partial charge in [-0.25, -0.2) is 0 Å². The monoisotopic (exact) mass is 408 g/mol. The highest BCUT2D eigenvalue weighted by Crippen LogP contribution is 2.55. The van der Waals surface area contributed by atoms with Crippen molar-refractivity contribution in [2.24, 2.45) is 0 Å². The van der Waals surface area contributed by atoms with E-state index in [0.717, 1.165) is 8.95 Å². The highest BCUT2D eigenvalue weighted by atomic mass is 79.9. The molecule has 1 heterocycles. The van der Waals surface area contributed by atoms with Crippen LogP contribution in [-0.4, -0.2) is 0 Å². The molecule has 0 aromatic heterocycles. The van der Waals surface area contributed by atoms with Crippen LogP contribution in [0.2, 0.25) is 10.0 Å². The van der Waals surface area contributed by atoms with Crippen molar-refractivity contribution < 1.29 is 9.47 Å². The Balaban J connectivity index is 2.24. The van der Waals surface area contributed by atoms with E-state index in [0.29, 0.717) is 33.0 Å². The van der Waals surface area contributed by atoms with E-state index in [4.69, 9.17) is 32.7 Å². The number of benzene rings is 2. The Labute approximate surface area is 130 Å². The Morgan fingerprint density at radius 2 is 1.06 bits per heavy atom. The van der Waals surface area contributed by atoms with Crippen molar-refractivity contribution in [1.29, 1.82) is 0 Å². The third-order valence-corrected chi connectivity index (χ3v) is 4.28. The molecule has 18 heavy (non-hydrogen) atoms. The molecule has 0 saturated carbocycles. The lowest BCUT2D eigenvalue weighted by Gasteiger charge is -2.23. The van der Waals surface area contributed by atoms with Crippen LogP contribution in [0.1, 0.15) is 0 Å². The molecule has 0 atom stereocenters. The quantitative estimate of drug-likeness (QED) is 0.426. The van der Waals surface area contributed by atoms with Gasteiger partial charge in [-0.2, -0.15) is 0 Å². The largest absolute Gasteiger partial charge is 0.447 e. The summed E-state index contributed by atoms with van der Waals surface area (Å²) in [5.41, 5.74) is 0. The average Bonchev–Trinajstić information content (AvgIpc) is 2.37. The number of hydrogen-bond donors (Lipinski definition) is 0. The first-order chi connectivity index (χ1) is 8.58. The van der Waals surface area contributed by atoms with E-state index in [1.807, 2.05) is 0 Å². The van der Waals surface area contributed by atoms with Gasteiger partial charge in [0.05, 0.1) is 19.0 Å². The highest BCUT2D eigenvalue weighted by Gasteiger charge is 2.27. The van der Waals surface area contributed by atoms with Crippen LogP contribution >= 0.6 is 55.1 Å². The lowest BCUT2D eigenvalue weighted by atomic mass is 10.2. The number of hydrogen-bond acceptors (Lipinski definition) is 2. The molecule has 2 aromatic carbocycles. The van der Waals surface area contributed by atoms with Gasteiger partial charge in [-0.05, 0) is 56.1 Å². The van der Waals surface area contributed by atoms with Gasteiger partial charge in [0.15, 0.2) is 23.0 Å². The summed E-state index contributed by atoms with van der Waals surface area (Å²) in [6, 6.07) is 7.05. The van der Waals surface area contributed by atoms with Gasteiger partial charge in [-0.3, -0.25) is 0 Å². The van der Waals surface area contributed by atoms with Crippen molar-refractivity contribution in [3.8, 4) is 23.0 Å². The van der Waals surface area contributed by atoms with Crippen molar-refractivity contribution in [2.75, 3.05) is 0 Å². The topological polar surface area (TPSA) is 18.5 Å². The summed E-state index contributed by atoms with van der Waals surface area (Å²) < 4.78 is 13.1. The van der Waals surface area contributed by atoms with E-state index in [-0.39, 0.29) is 0 Å². The molecule has 0 fully saturated rings. The highest BCUT2D eigenvalue weighted by molar-refractivity contribution is 9.11. The fourth-order valence-corrected chi connectivity index (χ4v) is 2.77. The zero-order chi connectivity index (χ0) is 12.9. The van der Waals surface area contributed by atoms with Crippen molar-refractivity contribution in [3.63, 3.8) is 0 Å². The molecule has 0 bridgehead atoms. The smallest absolute Gasteiger partial charge is 0.189 e. The Hall–Kier alpha value is -0.420. The molecule has 92 valence electrons. The summed E-state index contributed by atoms with van der Waals surface area (Å²) in [6.45, 7) is 0. The van der Waals surface area contributed by atoms with Crippen LogP contribution < -0.4 is 9.47 Å². The molecule has 0 aliphatic carbocycles. The van der Waals surface area contributed by atoms with Gasteiger partial charge in [-0.15, -0.1) is 0 Å². The van der Waals surface area contributed by atoms with Gasteiger partial charge in [0.1, 0.15) is 0 Å². The lowest BCUT2D eigenvalue weighted by Crippen LogP contribution is -2.01. The third kappa shape index (κ3) is 1.92. The third-order valence-electron chi connectivity index (χ3n) is 2.44. The molecule has 0 radical (unpaired) electrons. The summed E-state index contributed by atoms with van der Waals surface area (Å²) in [5.74, 6) is 1.99. The maximum atomic E-state index is 6.09. The second kappa shape index (κ2) is 4.60. The van der Waals surface area contributed by atoms with Gasteiger partial charge >= 0.3 is 0 Å². The second-order valence-electron chi connectivity index (χ2n) is 3.58. The van der Waals surface area contributed by atoms with Crippen molar-refractivity contribution in [1.82, 2.24) is 0 Å². The van der Waals surface area contributed by atoms with E-state index in [9.17, 15) is 0 Å². The minimum atomic E-state index is 0.457. The molecular weight excluding hydrogens is 407 g/mol. The van der Waals surface area contributed by atoms with E-state index >= 15 is 0 Å². The van der Waals surface area contributed by atoms with Gasteiger partial charge in [-0.1, -0.05) is 23.2 Å². The van der Waals surface area contributed by atoms with Crippen LogP contribution in [0.4, 0.5) is 0 Å². The zero-order valence-corrected chi connectivity index (χ0v) is 13.3. The Bertz CT molecular complexity index is 548. The van der Waals surface area contributed by atoms with Crippen molar-refractivity contribution >= 4 is 55.1 Å². The molecule has 0 saturated heterocycles. The van der Waals surface area contributed by atoms with E-state index in [1.165, 1.54) is 0 Å². The first-order valence-electron chi connectivity index (χ1n) is 4.89. The molecule has 0 N–H and O–H groups in total.